The first-order chi connectivity index (χ1) is 9.91. The predicted octanol–water partition coefficient (Wildman–Crippen LogP) is 2.17. The Morgan fingerprint density at radius 2 is 2.14 bits per heavy atom. The predicted molar refractivity (Wildman–Crippen MR) is 79.9 cm³/mol. The number of hydrogen-bond acceptors (Lipinski definition) is 3. The molecule has 0 atom stereocenters. The van der Waals surface area contributed by atoms with Crippen LogP contribution in [0.5, 0.6) is 0 Å². The molecular formula is C15H23N3O3. The summed E-state index contributed by atoms with van der Waals surface area (Å²) in [5.74, 6) is -0.844. The van der Waals surface area contributed by atoms with Crippen LogP contribution in [-0.2, 0) is 11.3 Å². The monoisotopic (exact) mass is 293 g/mol. The fourth-order valence-electron chi connectivity index (χ4n) is 1.96. The van der Waals surface area contributed by atoms with Gasteiger partial charge >= 0.3 is 12.0 Å². The average Bonchev–Trinajstić information content (AvgIpc) is 2.41. The summed E-state index contributed by atoms with van der Waals surface area (Å²) < 4.78 is 0. The third kappa shape index (κ3) is 5.81. The van der Waals surface area contributed by atoms with Crippen LogP contribution in [0.15, 0.2) is 18.3 Å². The number of hydrogen-bond donors (Lipinski definition) is 2. The minimum Gasteiger partial charge on any atom is -0.481 e. The van der Waals surface area contributed by atoms with Crippen LogP contribution >= 0.6 is 0 Å². The first kappa shape index (κ1) is 16.9. The van der Waals surface area contributed by atoms with Gasteiger partial charge in [0.25, 0.3) is 0 Å². The minimum atomic E-state index is -0.844. The van der Waals surface area contributed by atoms with Crippen molar-refractivity contribution in [2.45, 2.75) is 46.2 Å². The number of carboxylic acids is 1. The van der Waals surface area contributed by atoms with E-state index >= 15 is 0 Å². The highest BCUT2D eigenvalue weighted by Gasteiger charge is 2.17. The van der Waals surface area contributed by atoms with E-state index in [2.05, 4.69) is 10.3 Å². The number of carboxylic acid groups (broad SMARTS) is 1. The van der Waals surface area contributed by atoms with Crippen LogP contribution in [0.2, 0.25) is 0 Å². The highest BCUT2D eigenvalue weighted by molar-refractivity contribution is 5.74. The summed E-state index contributed by atoms with van der Waals surface area (Å²) in [6.07, 6.45) is 2.21. The van der Waals surface area contributed by atoms with Crippen LogP contribution in [-0.4, -0.2) is 39.6 Å². The van der Waals surface area contributed by atoms with Gasteiger partial charge in [0.15, 0.2) is 0 Å². The number of amides is 2. The molecule has 2 N–H and O–H groups in total. The van der Waals surface area contributed by atoms with Gasteiger partial charge in [0.2, 0.25) is 0 Å². The number of urea groups is 1. The molecular weight excluding hydrogens is 270 g/mol. The Kier molecular flexibility index (Phi) is 6.65. The van der Waals surface area contributed by atoms with Crippen molar-refractivity contribution in [1.29, 1.82) is 0 Å². The van der Waals surface area contributed by atoms with E-state index in [1.54, 1.807) is 11.1 Å². The number of nitrogens with one attached hydrogen (secondary N) is 1. The van der Waals surface area contributed by atoms with Crippen LogP contribution in [0, 0.1) is 6.92 Å². The van der Waals surface area contributed by atoms with Gasteiger partial charge in [-0.05, 0) is 38.8 Å². The van der Waals surface area contributed by atoms with Gasteiger partial charge in [-0.3, -0.25) is 9.78 Å². The van der Waals surface area contributed by atoms with E-state index in [0.29, 0.717) is 19.5 Å². The van der Waals surface area contributed by atoms with Gasteiger partial charge < -0.3 is 15.3 Å². The summed E-state index contributed by atoms with van der Waals surface area (Å²) in [7, 11) is 0. The highest BCUT2D eigenvalue weighted by Crippen LogP contribution is 2.05. The van der Waals surface area contributed by atoms with Crippen LogP contribution < -0.4 is 5.32 Å². The van der Waals surface area contributed by atoms with Crippen molar-refractivity contribution in [3.05, 3.63) is 29.6 Å². The number of carbonyl (C=O) groups excluding carboxylic acids is 1. The standard InChI is InChI=1S/C15H23N3O3/c1-11(2)18(9-5-7-14(19)20)15(21)17-10-13-12(3)6-4-8-16-13/h4,6,8,11H,5,7,9-10H2,1-3H3,(H,17,21)(H,19,20). The van der Waals surface area contributed by atoms with Crippen molar-refractivity contribution in [2.24, 2.45) is 0 Å². The van der Waals surface area contributed by atoms with E-state index in [-0.39, 0.29) is 18.5 Å². The van der Waals surface area contributed by atoms with Crippen LogP contribution in [0.25, 0.3) is 0 Å². The van der Waals surface area contributed by atoms with Crippen molar-refractivity contribution in [2.75, 3.05) is 6.54 Å². The van der Waals surface area contributed by atoms with Crippen LogP contribution in [0.4, 0.5) is 4.79 Å². The summed E-state index contributed by atoms with van der Waals surface area (Å²) >= 11 is 0. The third-order valence-corrected chi connectivity index (χ3v) is 3.20. The van der Waals surface area contributed by atoms with Crippen molar-refractivity contribution in [3.8, 4) is 0 Å². The molecule has 6 heteroatoms. The number of pyridine rings is 1. The summed E-state index contributed by atoms with van der Waals surface area (Å²) in [6.45, 7) is 6.56. The smallest absolute Gasteiger partial charge is 0.317 e. The van der Waals surface area contributed by atoms with Crippen LogP contribution in [0.3, 0.4) is 0 Å². The molecule has 0 spiro atoms. The Labute approximate surface area is 125 Å². The van der Waals surface area contributed by atoms with Gasteiger partial charge in [-0.1, -0.05) is 6.07 Å². The largest absolute Gasteiger partial charge is 0.481 e. The van der Waals surface area contributed by atoms with E-state index in [0.717, 1.165) is 11.3 Å². The second kappa shape index (κ2) is 8.24. The summed E-state index contributed by atoms with van der Waals surface area (Å²) in [5.41, 5.74) is 1.86. The van der Waals surface area contributed by atoms with E-state index in [1.807, 2.05) is 32.9 Å². The summed E-state index contributed by atoms with van der Waals surface area (Å²) in [5, 5.41) is 11.5. The maximum absolute atomic E-state index is 12.2. The molecule has 1 aromatic rings. The Bertz CT molecular complexity index is 489. The van der Waals surface area contributed by atoms with Gasteiger partial charge in [-0.15, -0.1) is 0 Å². The number of carbonyl (C=O) groups is 2. The zero-order valence-electron chi connectivity index (χ0n) is 12.8. The Morgan fingerprint density at radius 1 is 1.43 bits per heavy atom. The van der Waals surface area contributed by atoms with E-state index in [4.69, 9.17) is 5.11 Å². The van der Waals surface area contributed by atoms with Crippen molar-refractivity contribution in [1.82, 2.24) is 15.2 Å². The molecule has 116 valence electrons. The lowest BCUT2D eigenvalue weighted by Gasteiger charge is -2.26. The first-order valence-electron chi connectivity index (χ1n) is 7.08. The second-order valence-corrected chi connectivity index (χ2v) is 5.21. The van der Waals surface area contributed by atoms with Crippen LogP contribution in [0.1, 0.15) is 37.9 Å². The molecule has 1 heterocycles. The molecule has 0 fully saturated rings. The van der Waals surface area contributed by atoms with E-state index in [1.165, 1.54) is 0 Å². The summed E-state index contributed by atoms with van der Waals surface area (Å²) in [6, 6.07) is 3.62. The first-order valence-corrected chi connectivity index (χ1v) is 7.08. The normalized spacial score (nSPS) is 10.5. The number of aryl methyl sites for hydroxylation is 1. The van der Waals surface area contributed by atoms with E-state index in [9.17, 15) is 9.59 Å². The fraction of sp³-hybridized carbons (Fsp3) is 0.533. The van der Waals surface area contributed by atoms with Gasteiger partial charge in [-0.25, -0.2) is 4.79 Å². The Balaban J connectivity index is 2.53. The topological polar surface area (TPSA) is 82.5 Å². The molecule has 21 heavy (non-hydrogen) atoms. The number of aliphatic carboxylic acids is 1. The molecule has 6 nitrogen and oxygen atoms in total. The molecule has 0 aliphatic carbocycles. The number of rotatable bonds is 7. The van der Waals surface area contributed by atoms with Crippen molar-refractivity contribution >= 4 is 12.0 Å². The maximum Gasteiger partial charge on any atom is 0.317 e. The molecule has 0 radical (unpaired) electrons. The second-order valence-electron chi connectivity index (χ2n) is 5.21. The van der Waals surface area contributed by atoms with Gasteiger partial charge in [-0.2, -0.15) is 0 Å². The SMILES string of the molecule is Cc1cccnc1CNC(=O)N(CCCC(=O)O)C(C)C. The van der Waals surface area contributed by atoms with Crippen molar-refractivity contribution in [3.63, 3.8) is 0 Å². The van der Waals surface area contributed by atoms with Gasteiger partial charge in [0, 0.05) is 25.2 Å². The minimum absolute atomic E-state index is 0.0172. The lowest BCUT2D eigenvalue weighted by atomic mass is 10.2. The molecule has 0 aliphatic heterocycles. The molecule has 0 unspecified atom stereocenters. The zero-order chi connectivity index (χ0) is 15.8. The van der Waals surface area contributed by atoms with Crippen molar-refractivity contribution < 1.29 is 14.7 Å². The van der Waals surface area contributed by atoms with E-state index < -0.39 is 5.97 Å². The lowest BCUT2D eigenvalue weighted by Crippen LogP contribution is -2.44. The Hall–Kier alpha value is -2.11. The Morgan fingerprint density at radius 3 is 2.71 bits per heavy atom. The third-order valence-electron chi connectivity index (χ3n) is 3.20. The van der Waals surface area contributed by atoms with Gasteiger partial charge in [0.05, 0.1) is 12.2 Å². The average molecular weight is 293 g/mol. The molecule has 1 aromatic heterocycles. The molecule has 2 amide bonds. The molecule has 0 aromatic carbocycles. The zero-order valence-corrected chi connectivity index (χ0v) is 12.8. The molecule has 1 rings (SSSR count). The maximum atomic E-state index is 12.2. The quantitative estimate of drug-likeness (QED) is 0.807. The fourth-order valence-corrected chi connectivity index (χ4v) is 1.96. The molecule has 0 saturated carbocycles. The molecule has 0 aliphatic rings. The highest BCUT2D eigenvalue weighted by atomic mass is 16.4. The lowest BCUT2D eigenvalue weighted by molar-refractivity contribution is -0.137. The number of nitrogens with zero attached hydrogens (tertiary/aromatic N) is 2. The molecule has 0 bridgehead atoms. The van der Waals surface area contributed by atoms with Gasteiger partial charge in [0.1, 0.15) is 0 Å². The summed E-state index contributed by atoms with van der Waals surface area (Å²) in [4.78, 5) is 28.6. The molecule has 0 saturated heterocycles. The number of aromatic nitrogens is 1.